The Labute approximate surface area is 301 Å². The van der Waals surface area contributed by atoms with Gasteiger partial charge in [0.1, 0.15) is 0 Å². The second-order valence-electron chi connectivity index (χ2n) is 14.9. The number of aromatic nitrogens is 2. The molecule has 4 atom stereocenters. The Balaban J connectivity index is 1.07. The van der Waals surface area contributed by atoms with Crippen LogP contribution in [0.15, 0.2) is 164 Å². The molecule has 4 aromatic carbocycles. The summed E-state index contributed by atoms with van der Waals surface area (Å²) < 4.78 is 0. The van der Waals surface area contributed by atoms with E-state index in [1.54, 1.807) is 0 Å². The maximum absolute atomic E-state index is 4.64. The minimum atomic E-state index is -0.160. The van der Waals surface area contributed by atoms with Crippen molar-refractivity contribution < 1.29 is 0 Å². The van der Waals surface area contributed by atoms with E-state index >= 15 is 0 Å². The predicted octanol–water partition coefficient (Wildman–Crippen LogP) is 11.7. The van der Waals surface area contributed by atoms with Crippen LogP contribution in [0.5, 0.6) is 0 Å². The molecule has 0 amide bonds. The molecule has 0 spiro atoms. The first-order valence-electron chi connectivity index (χ1n) is 18.0. The van der Waals surface area contributed by atoms with Crippen LogP contribution >= 0.6 is 0 Å². The number of hydrogen-bond donors (Lipinski definition) is 0. The highest BCUT2D eigenvalue weighted by Crippen LogP contribution is 2.60. The summed E-state index contributed by atoms with van der Waals surface area (Å²) in [5.41, 5.74) is 15.1. The zero-order valence-electron chi connectivity index (χ0n) is 29.6. The Morgan fingerprint density at radius 1 is 0.588 bits per heavy atom. The van der Waals surface area contributed by atoms with Crippen LogP contribution in [0.4, 0.5) is 11.4 Å². The summed E-state index contributed by atoms with van der Waals surface area (Å²) in [6.45, 7) is 8.99. The lowest BCUT2D eigenvalue weighted by Gasteiger charge is -2.50. The fourth-order valence-corrected chi connectivity index (χ4v) is 8.53. The number of para-hydroxylation sites is 1. The molecule has 9 rings (SSSR count). The summed E-state index contributed by atoms with van der Waals surface area (Å²) in [5, 5.41) is 0. The number of anilines is 2. The van der Waals surface area contributed by atoms with Gasteiger partial charge >= 0.3 is 0 Å². The monoisotopic (exact) mass is 659 g/mol. The van der Waals surface area contributed by atoms with Crippen molar-refractivity contribution in [3.05, 3.63) is 186 Å². The molecule has 3 heteroatoms. The quantitative estimate of drug-likeness (QED) is 0.173. The number of hydrogen-bond acceptors (Lipinski definition) is 3. The Hall–Kier alpha value is -5.80. The second kappa shape index (κ2) is 11.9. The summed E-state index contributed by atoms with van der Waals surface area (Å²) in [6.07, 6.45) is 16.2. The number of aryl methyl sites for hydroxylation is 2. The minimum Gasteiger partial charge on any atom is -0.336 e. The normalized spacial score (nSPS) is 23.0. The van der Waals surface area contributed by atoms with Crippen LogP contribution in [0.1, 0.15) is 36.1 Å². The van der Waals surface area contributed by atoms with Crippen molar-refractivity contribution in [1.82, 2.24) is 9.97 Å². The summed E-state index contributed by atoms with van der Waals surface area (Å²) >= 11 is 0. The smallest absolute Gasteiger partial charge is 0.0702 e. The molecule has 0 saturated heterocycles. The van der Waals surface area contributed by atoms with Crippen LogP contribution < -0.4 is 4.90 Å². The lowest BCUT2D eigenvalue weighted by atomic mass is 9.58. The number of benzene rings is 4. The van der Waals surface area contributed by atoms with E-state index in [0.29, 0.717) is 0 Å². The molecule has 3 aliphatic rings. The first-order valence-corrected chi connectivity index (χ1v) is 18.0. The first-order chi connectivity index (χ1) is 24.8. The summed E-state index contributed by atoms with van der Waals surface area (Å²) in [6, 6.07) is 44.4. The number of fused-ring (bicyclic) bond motifs is 5. The standard InChI is InChI=1S/C48H41N3/c1-32-10-24-43(49-30-32)36-16-12-34(13-17-36)38-20-22-41-45(28-38)51(40-8-6-5-7-9-40)46-42-23-21-39(29-47(42,3)26-27-48(41,46)4)35-14-18-37(19-15-35)44-25-11-33(2)31-50-44/h5-31,42,46H,1-4H3. The van der Waals surface area contributed by atoms with E-state index in [4.69, 9.17) is 0 Å². The van der Waals surface area contributed by atoms with Gasteiger partial charge in [-0.25, -0.2) is 0 Å². The van der Waals surface area contributed by atoms with Gasteiger partial charge in [0, 0.05) is 51.6 Å². The van der Waals surface area contributed by atoms with E-state index in [9.17, 15) is 0 Å². The minimum absolute atomic E-state index is 0.150. The zero-order chi connectivity index (χ0) is 34.7. The van der Waals surface area contributed by atoms with Gasteiger partial charge in [0.2, 0.25) is 0 Å². The van der Waals surface area contributed by atoms with Crippen LogP contribution in [0.25, 0.3) is 39.2 Å². The molecule has 0 N–H and O–H groups in total. The Bertz CT molecular complexity index is 2330. The molecule has 2 aromatic heterocycles. The molecule has 4 unspecified atom stereocenters. The van der Waals surface area contributed by atoms with Crippen molar-refractivity contribution in [2.24, 2.45) is 11.3 Å². The van der Waals surface area contributed by atoms with Gasteiger partial charge in [-0.3, -0.25) is 9.97 Å². The van der Waals surface area contributed by atoms with E-state index < -0.39 is 0 Å². The maximum Gasteiger partial charge on any atom is 0.0702 e. The summed E-state index contributed by atoms with van der Waals surface area (Å²) in [4.78, 5) is 11.9. The van der Waals surface area contributed by atoms with Gasteiger partial charge in [-0.1, -0.05) is 128 Å². The molecule has 1 aliphatic heterocycles. The molecule has 6 aromatic rings. The van der Waals surface area contributed by atoms with Gasteiger partial charge in [0.15, 0.2) is 0 Å². The topological polar surface area (TPSA) is 29.0 Å². The van der Waals surface area contributed by atoms with E-state index in [2.05, 4.69) is 194 Å². The molecule has 3 nitrogen and oxygen atoms in total. The number of pyridine rings is 2. The third-order valence-corrected chi connectivity index (χ3v) is 11.4. The van der Waals surface area contributed by atoms with Gasteiger partial charge in [0.05, 0.1) is 17.4 Å². The SMILES string of the molecule is Cc1ccc(-c2ccc(C3=CC4(C)C=CC5(C)c6ccc(-c7ccc(-c8ccc(C)cn8)cc7)cc6N(c6ccccc6)C5C4C=C3)cc2)nc1. The van der Waals surface area contributed by atoms with Crippen LogP contribution in [0.2, 0.25) is 0 Å². The lowest BCUT2D eigenvalue weighted by Crippen LogP contribution is -2.52. The molecule has 3 heterocycles. The Morgan fingerprint density at radius 3 is 1.78 bits per heavy atom. The molecule has 51 heavy (non-hydrogen) atoms. The highest BCUT2D eigenvalue weighted by molar-refractivity contribution is 5.83. The van der Waals surface area contributed by atoms with E-state index in [1.165, 1.54) is 50.3 Å². The number of nitrogens with zero attached hydrogens (tertiary/aromatic N) is 3. The van der Waals surface area contributed by atoms with Gasteiger partial charge in [0.25, 0.3) is 0 Å². The summed E-state index contributed by atoms with van der Waals surface area (Å²) in [7, 11) is 0. The predicted molar refractivity (Wildman–Crippen MR) is 212 cm³/mol. The molecule has 0 bridgehead atoms. The third kappa shape index (κ3) is 5.27. The Morgan fingerprint density at radius 2 is 1.18 bits per heavy atom. The summed E-state index contributed by atoms with van der Waals surface area (Å²) in [5.74, 6) is 0.268. The van der Waals surface area contributed by atoms with Gasteiger partial charge < -0.3 is 4.90 Å². The van der Waals surface area contributed by atoms with Crippen LogP contribution in [-0.2, 0) is 5.41 Å². The van der Waals surface area contributed by atoms with Gasteiger partial charge in [-0.15, -0.1) is 0 Å². The van der Waals surface area contributed by atoms with E-state index in [0.717, 1.165) is 22.5 Å². The van der Waals surface area contributed by atoms with Crippen molar-refractivity contribution in [3.8, 4) is 33.6 Å². The lowest BCUT2D eigenvalue weighted by molar-refractivity contribution is 0.256. The molecular formula is C48H41N3. The highest BCUT2D eigenvalue weighted by Gasteiger charge is 2.56. The molecule has 0 radical (unpaired) electrons. The number of allylic oxidation sites excluding steroid dienone is 4. The van der Waals surface area contributed by atoms with Crippen molar-refractivity contribution in [3.63, 3.8) is 0 Å². The third-order valence-electron chi connectivity index (χ3n) is 11.4. The van der Waals surface area contributed by atoms with Crippen molar-refractivity contribution in [2.75, 3.05) is 4.90 Å². The highest BCUT2D eigenvalue weighted by atomic mass is 15.2. The van der Waals surface area contributed by atoms with Crippen LogP contribution in [0.3, 0.4) is 0 Å². The van der Waals surface area contributed by atoms with Gasteiger partial charge in [-0.05, 0) is 90.1 Å². The van der Waals surface area contributed by atoms with Crippen molar-refractivity contribution in [1.29, 1.82) is 0 Å². The largest absolute Gasteiger partial charge is 0.336 e. The zero-order valence-corrected chi connectivity index (χ0v) is 29.6. The average molecular weight is 660 g/mol. The fourth-order valence-electron chi connectivity index (χ4n) is 8.53. The van der Waals surface area contributed by atoms with Gasteiger partial charge in [-0.2, -0.15) is 0 Å². The Kier molecular flexibility index (Phi) is 7.29. The first kappa shape index (κ1) is 31.2. The van der Waals surface area contributed by atoms with Crippen LogP contribution in [-0.4, -0.2) is 16.0 Å². The molecular weight excluding hydrogens is 619 g/mol. The second-order valence-corrected chi connectivity index (χ2v) is 14.9. The van der Waals surface area contributed by atoms with Crippen LogP contribution in [0, 0.1) is 25.2 Å². The molecule has 0 saturated carbocycles. The fraction of sp³-hybridized carbons (Fsp3) is 0.167. The van der Waals surface area contributed by atoms with Crippen molar-refractivity contribution in [2.45, 2.75) is 39.2 Å². The molecule has 248 valence electrons. The van der Waals surface area contributed by atoms with E-state index in [1.807, 2.05) is 12.4 Å². The maximum atomic E-state index is 4.64. The van der Waals surface area contributed by atoms with Crippen molar-refractivity contribution >= 4 is 16.9 Å². The number of rotatable bonds is 5. The molecule has 2 aliphatic carbocycles. The van der Waals surface area contributed by atoms with E-state index in [-0.39, 0.29) is 22.8 Å². The average Bonchev–Trinajstić information content (AvgIpc) is 3.43. The molecule has 0 fully saturated rings.